The van der Waals surface area contributed by atoms with E-state index >= 15 is 0 Å². The molecule has 0 saturated carbocycles. The second-order valence-electron chi connectivity index (χ2n) is 4.78. The number of aromatic nitrogens is 1. The lowest BCUT2D eigenvalue weighted by Crippen LogP contribution is -2.35. The predicted molar refractivity (Wildman–Crippen MR) is 73.7 cm³/mol. The maximum Gasteiger partial charge on any atom is 0.389 e. The van der Waals surface area contributed by atoms with E-state index in [9.17, 15) is 18.0 Å². The molecule has 1 amide bonds. The summed E-state index contributed by atoms with van der Waals surface area (Å²) < 4.78 is 36.3. The number of rotatable bonds is 3. The average molecular weight is 319 g/mol. The van der Waals surface area contributed by atoms with Gasteiger partial charge in [0.05, 0.1) is 12.1 Å². The molecule has 1 aliphatic heterocycles. The van der Waals surface area contributed by atoms with Crippen LogP contribution in [0.2, 0.25) is 5.15 Å². The lowest BCUT2D eigenvalue weighted by Gasteiger charge is -2.26. The first-order valence-electron chi connectivity index (χ1n) is 6.51. The summed E-state index contributed by atoms with van der Waals surface area (Å²) in [4.78, 5) is 17.3. The fourth-order valence-electron chi connectivity index (χ4n) is 2.12. The van der Waals surface area contributed by atoms with Crippen molar-refractivity contribution in [2.45, 2.75) is 25.4 Å². The van der Waals surface area contributed by atoms with Gasteiger partial charge in [0.25, 0.3) is 0 Å². The van der Waals surface area contributed by atoms with Gasteiger partial charge in [-0.25, -0.2) is 4.98 Å². The van der Waals surface area contributed by atoms with Crippen LogP contribution in [0.5, 0.6) is 0 Å². The summed E-state index contributed by atoms with van der Waals surface area (Å²) >= 11 is 5.82. The number of halogens is 4. The zero-order valence-corrected chi connectivity index (χ0v) is 11.9. The Morgan fingerprint density at radius 3 is 2.71 bits per heavy atom. The van der Waals surface area contributed by atoms with E-state index in [1.807, 2.05) is 12.1 Å². The minimum absolute atomic E-state index is 0.306. The molecule has 0 bridgehead atoms. The molecule has 0 N–H and O–H groups in total. The number of pyridine rings is 1. The van der Waals surface area contributed by atoms with Crippen LogP contribution in [-0.2, 0) is 4.79 Å². The Labute approximate surface area is 125 Å². The first-order valence-corrected chi connectivity index (χ1v) is 6.89. The number of carbonyl (C=O) groups is 1. The molecule has 0 aliphatic carbocycles. The highest BCUT2D eigenvalue weighted by Gasteiger charge is 2.29. The molecule has 1 aliphatic rings. The number of amides is 1. The zero-order chi connectivity index (χ0) is 15.5. The van der Waals surface area contributed by atoms with E-state index in [4.69, 9.17) is 11.6 Å². The number of hydrogen-bond acceptors (Lipinski definition) is 2. The van der Waals surface area contributed by atoms with Gasteiger partial charge in [0, 0.05) is 19.5 Å². The molecule has 0 radical (unpaired) electrons. The SMILES string of the molecule is O=C(CCC(F)(F)F)N1CC=C(c2cccc(Cl)n2)CC1. The van der Waals surface area contributed by atoms with Crippen LogP contribution in [-0.4, -0.2) is 35.1 Å². The zero-order valence-electron chi connectivity index (χ0n) is 11.2. The van der Waals surface area contributed by atoms with Crippen molar-refractivity contribution in [3.05, 3.63) is 35.1 Å². The maximum atomic E-state index is 12.1. The Hall–Kier alpha value is -1.56. The van der Waals surface area contributed by atoms with E-state index in [-0.39, 0.29) is 0 Å². The molecule has 2 heterocycles. The largest absolute Gasteiger partial charge is 0.389 e. The third kappa shape index (κ3) is 4.74. The van der Waals surface area contributed by atoms with E-state index < -0.39 is 24.9 Å². The third-order valence-electron chi connectivity index (χ3n) is 3.23. The lowest BCUT2D eigenvalue weighted by atomic mass is 10.0. The Balaban J connectivity index is 1.94. The normalized spacial score (nSPS) is 15.8. The highest BCUT2D eigenvalue weighted by atomic mass is 35.5. The third-order valence-corrected chi connectivity index (χ3v) is 3.44. The van der Waals surface area contributed by atoms with E-state index in [0.717, 1.165) is 11.3 Å². The monoisotopic (exact) mass is 318 g/mol. The summed E-state index contributed by atoms with van der Waals surface area (Å²) in [6.07, 6.45) is -3.49. The Morgan fingerprint density at radius 2 is 2.14 bits per heavy atom. The van der Waals surface area contributed by atoms with Gasteiger partial charge in [0.15, 0.2) is 0 Å². The van der Waals surface area contributed by atoms with Crippen LogP contribution in [0.15, 0.2) is 24.3 Å². The molecule has 21 heavy (non-hydrogen) atoms. The first-order chi connectivity index (χ1) is 9.85. The van der Waals surface area contributed by atoms with Crippen molar-refractivity contribution >= 4 is 23.1 Å². The second kappa shape index (κ2) is 6.47. The second-order valence-corrected chi connectivity index (χ2v) is 5.17. The van der Waals surface area contributed by atoms with Crippen LogP contribution in [0.1, 0.15) is 25.0 Å². The van der Waals surface area contributed by atoms with Crippen LogP contribution >= 0.6 is 11.6 Å². The van der Waals surface area contributed by atoms with Gasteiger partial charge in [-0.15, -0.1) is 0 Å². The Morgan fingerprint density at radius 1 is 1.38 bits per heavy atom. The van der Waals surface area contributed by atoms with Crippen molar-refractivity contribution in [2.75, 3.05) is 13.1 Å². The molecule has 0 aromatic carbocycles. The maximum absolute atomic E-state index is 12.1. The van der Waals surface area contributed by atoms with Crippen LogP contribution in [0.4, 0.5) is 13.2 Å². The van der Waals surface area contributed by atoms with Crippen LogP contribution in [0.3, 0.4) is 0 Å². The fourth-order valence-corrected chi connectivity index (χ4v) is 2.29. The summed E-state index contributed by atoms with van der Waals surface area (Å²) in [7, 11) is 0. The number of carbonyl (C=O) groups excluding carboxylic acids is 1. The molecule has 0 saturated heterocycles. The smallest absolute Gasteiger partial charge is 0.339 e. The number of alkyl halides is 3. The van der Waals surface area contributed by atoms with Crippen LogP contribution < -0.4 is 0 Å². The van der Waals surface area contributed by atoms with E-state index in [1.54, 1.807) is 12.1 Å². The number of nitrogens with zero attached hydrogens (tertiary/aromatic N) is 2. The standard InChI is InChI=1S/C14H14ClF3N2O/c15-12-3-1-2-11(19-12)10-5-8-20(9-6-10)13(21)4-7-14(16,17)18/h1-3,5H,4,6-9H2. The van der Waals surface area contributed by atoms with Crippen LogP contribution in [0, 0.1) is 0 Å². The molecule has 7 heteroatoms. The van der Waals surface area contributed by atoms with E-state index in [1.165, 1.54) is 4.90 Å². The fraction of sp³-hybridized carbons (Fsp3) is 0.429. The Bertz CT molecular complexity index is 557. The van der Waals surface area contributed by atoms with Gasteiger partial charge in [0.1, 0.15) is 5.15 Å². The molecule has 114 valence electrons. The van der Waals surface area contributed by atoms with Crippen molar-refractivity contribution in [3.8, 4) is 0 Å². The van der Waals surface area contributed by atoms with Gasteiger partial charge in [-0.05, 0) is 24.1 Å². The molecule has 0 atom stereocenters. The van der Waals surface area contributed by atoms with Gasteiger partial charge >= 0.3 is 6.18 Å². The summed E-state index contributed by atoms with van der Waals surface area (Å²) in [6.45, 7) is 0.705. The molecule has 0 unspecified atom stereocenters. The van der Waals surface area contributed by atoms with Crippen molar-refractivity contribution in [3.63, 3.8) is 0 Å². The Kier molecular flexibility index (Phi) is 4.88. The van der Waals surface area contributed by atoms with Crippen molar-refractivity contribution in [1.82, 2.24) is 9.88 Å². The lowest BCUT2D eigenvalue weighted by molar-refractivity contribution is -0.148. The summed E-state index contributed by atoms with van der Waals surface area (Å²) in [5, 5.41) is 0.386. The highest BCUT2D eigenvalue weighted by Crippen LogP contribution is 2.24. The summed E-state index contributed by atoms with van der Waals surface area (Å²) in [5.74, 6) is -0.471. The van der Waals surface area contributed by atoms with Crippen LogP contribution in [0.25, 0.3) is 5.57 Å². The summed E-state index contributed by atoms with van der Waals surface area (Å²) in [5.41, 5.74) is 1.70. The first kappa shape index (κ1) is 15.8. The molecular weight excluding hydrogens is 305 g/mol. The van der Waals surface area contributed by atoms with E-state index in [2.05, 4.69) is 4.98 Å². The minimum Gasteiger partial charge on any atom is -0.339 e. The molecule has 1 aromatic heterocycles. The van der Waals surface area contributed by atoms with Gasteiger partial charge in [0.2, 0.25) is 5.91 Å². The average Bonchev–Trinajstić information content (AvgIpc) is 2.44. The molecule has 3 nitrogen and oxygen atoms in total. The predicted octanol–water partition coefficient (Wildman–Crippen LogP) is 3.69. The molecule has 1 aromatic rings. The van der Waals surface area contributed by atoms with Gasteiger partial charge in [-0.3, -0.25) is 4.79 Å². The summed E-state index contributed by atoms with van der Waals surface area (Å²) in [6, 6.07) is 5.27. The van der Waals surface area contributed by atoms with Crippen molar-refractivity contribution in [1.29, 1.82) is 0 Å². The van der Waals surface area contributed by atoms with Crippen molar-refractivity contribution < 1.29 is 18.0 Å². The highest BCUT2D eigenvalue weighted by molar-refractivity contribution is 6.29. The molecular formula is C14H14ClF3N2O. The van der Waals surface area contributed by atoms with Gasteiger partial charge < -0.3 is 4.90 Å². The molecule has 2 rings (SSSR count). The molecule has 0 fully saturated rings. The van der Waals surface area contributed by atoms with Gasteiger partial charge in [-0.2, -0.15) is 13.2 Å². The van der Waals surface area contributed by atoms with Gasteiger partial charge in [-0.1, -0.05) is 23.7 Å². The number of hydrogen-bond donors (Lipinski definition) is 0. The van der Waals surface area contributed by atoms with Crippen molar-refractivity contribution in [2.24, 2.45) is 0 Å². The van der Waals surface area contributed by atoms with E-state index in [0.29, 0.717) is 24.7 Å². The molecule has 0 spiro atoms. The minimum atomic E-state index is -4.29. The topological polar surface area (TPSA) is 33.2 Å². The quantitative estimate of drug-likeness (QED) is 0.796.